The van der Waals surface area contributed by atoms with Gasteiger partial charge in [0, 0.05) is 13.0 Å². The summed E-state index contributed by atoms with van der Waals surface area (Å²) >= 11 is 0. The number of hydrogen-bond donors (Lipinski definition) is 1. The van der Waals surface area contributed by atoms with Crippen LogP contribution in [0.5, 0.6) is 0 Å². The molecule has 178 valence electrons. The Hall–Kier alpha value is -0.530. The molecule has 0 radical (unpaired) electrons. The summed E-state index contributed by atoms with van der Waals surface area (Å²) in [4.78, 5) is 11.6. The van der Waals surface area contributed by atoms with Crippen molar-refractivity contribution in [3.63, 3.8) is 0 Å². The van der Waals surface area contributed by atoms with E-state index in [0.29, 0.717) is 16.9 Å². The van der Waals surface area contributed by atoms with Gasteiger partial charge in [-0.3, -0.25) is 4.79 Å². The SMILES string of the molecule is CC(=O)N[C@@H]1CC[C@@]2(C)[C@@H](CC[C@@H]3[C@@H]2CC[C@]2(C)C(C(C)CCCC(C)C)CC[C@@H]32)C1. The molecule has 4 rings (SSSR count). The summed E-state index contributed by atoms with van der Waals surface area (Å²) in [7, 11) is 0. The van der Waals surface area contributed by atoms with Crippen LogP contribution in [0.2, 0.25) is 0 Å². The number of nitrogens with one attached hydrogen (secondary N) is 1. The molecule has 2 heteroatoms. The van der Waals surface area contributed by atoms with E-state index < -0.39 is 0 Å². The van der Waals surface area contributed by atoms with Crippen molar-refractivity contribution in [2.24, 2.45) is 52.3 Å². The zero-order valence-electron chi connectivity index (χ0n) is 21.5. The number of carbonyl (C=O) groups excluding carboxylic acids is 1. The first-order chi connectivity index (χ1) is 14.6. The zero-order chi connectivity index (χ0) is 22.4. The Bertz CT molecular complexity index is 643. The summed E-state index contributed by atoms with van der Waals surface area (Å²) in [6.45, 7) is 14.4. The fourth-order valence-electron chi connectivity index (χ4n) is 9.70. The van der Waals surface area contributed by atoms with E-state index in [9.17, 15) is 4.79 Å². The maximum atomic E-state index is 11.6. The van der Waals surface area contributed by atoms with E-state index in [1.54, 1.807) is 6.92 Å². The lowest BCUT2D eigenvalue weighted by atomic mass is 9.44. The van der Waals surface area contributed by atoms with Crippen LogP contribution < -0.4 is 5.32 Å². The van der Waals surface area contributed by atoms with Gasteiger partial charge in [-0.2, -0.15) is 0 Å². The van der Waals surface area contributed by atoms with Gasteiger partial charge in [-0.1, -0.05) is 53.9 Å². The molecule has 31 heavy (non-hydrogen) atoms. The Morgan fingerprint density at radius 3 is 2.32 bits per heavy atom. The highest BCUT2D eigenvalue weighted by molar-refractivity contribution is 5.73. The van der Waals surface area contributed by atoms with Crippen molar-refractivity contribution in [3.8, 4) is 0 Å². The summed E-state index contributed by atoms with van der Waals surface area (Å²) in [5, 5.41) is 3.25. The summed E-state index contributed by atoms with van der Waals surface area (Å²) in [5.41, 5.74) is 1.13. The van der Waals surface area contributed by atoms with E-state index >= 15 is 0 Å². The third-order valence-electron chi connectivity index (χ3n) is 11.3. The molecule has 0 bridgehead atoms. The van der Waals surface area contributed by atoms with Crippen molar-refractivity contribution in [1.29, 1.82) is 0 Å². The molecule has 0 aromatic heterocycles. The second kappa shape index (κ2) is 9.02. The van der Waals surface area contributed by atoms with Crippen LogP contribution >= 0.6 is 0 Å². The highest BCUT2D eigenvalue weighted by Gasteiger charge is 2.60. The lowest BCUT2D eigenvalue weighted by molar-refractivity contribution is -0.126. The number of carbonyl (C=O) groups is 1. The summed E-state index contributed by atoms with van der Waals surface area (Å²) in [6.07, 6.45) is 16.9. The van der Waals surface area contributed by atoms with Crippen molar-refractivity contribution in [2.45, 2.75) is 125 Å². The van der Waals surface area contributed by atoms with Gasteiger partial charge in [-0.25, -0.2) is 0 Å². The predicted octanol–water partition coefficient (Wildman–Crippen LogP) is 7.61. The Balaban J connectivity index is 1.43. The zero-order valence-corrected chi connectivity index (χ0v) is 21.5. The van der Waals surface area contributed by atoms with Crippen molar-refractivity contribution < 1.29 is 4.79 Å². The molecule has 4 fully saturated rings. The van der Waals surface area contributed by atoms with Crippen LogP contribution in [0.3, 0.4) is 0 Å². The quantitative estimate of drug-likeness (QED) is 0.462. The highest BCUT2D eigenvalue weighted by Crippen LogP contribution is 2.68. The van der Waals surface area contributed by atoms with Gasteiger partial charge in [0.05, 0.1) is 0 Å². The van der Waals surface area contributed by atoms with Crippen LogP contribution in [0.4, 0.5) is 0 Å². The van der Waals surface area contributed by atoms with E-state index in [1.807, 2.05) is 0 Å². The Kier molecular flexibility index (Phi) is 6.87. The minimum Gasteiger partial charge on any atom is -0.354 e. The van der Waals surface area contributed by atoms with Crippen molar-refractivity contribution in [3.05, 3.63) is 0 Å². The topological polar surface area (TPSA) is 29.1 Å². The molecule has 0 aromatic carbocycles. The minimum atomic E-state index is 0.162. The van der Waals surface area contributed by atoms with Gasteiger partial charge in [0.2, 0.25) is 5.91 Å². The Labute approximate surface area is 193 Å². The molecule has 0 saturated heterocycles. The lowest BCUT2D eigenvalue weighted by Gasteiger charge is -2.61. The predicted molar refractivity (Wildman–Crippen MR) is 131 cm³/mol. The van der Waals surface area contributed by atoms with Crippen molar-refractivity contribution in [2.75, 3.05) is 0 Å². The van der Waals surface area contributed by atoms with Crippen LogP contribution in [-0.4, -0.2) is 11.9 Å². The molecule has 1 amide bonds. The molecule has 4 saturated carbocycles. The molecule has 0 spiro atoms. The molecule has 1 N–H and O–H groups in total. The van der Waals surface area contributed by atoms with Crippen molar-refractivity contribution in [1.82, 2.24) is 5.32 Å². The molecule has 0 aromatic rings. The molecule has 0 heterocycles. The van der Waals surface area contributed by atoms with Crippen LogP contribution in [-0.2, 0) is 4.79 Å². The average molecular weight is 430 g/mol. The maximum Gasteiger partial charge on any atom is 0.217 e. The molecule has 9 atom stereocenters. The van der Waals surface area contributed by atoms with Gasteiger partial charge in [-0.05, 0) is 110 Å². The fourth-order valence-corrected chi connectivity index (χ4v) is 9.70. The molecule has 2 unspecified atom stereocenters. The van der Waals surface area contributed by atoms with E-state index in [-0.39, 0.29) is 5.91 Å². The maximum absolute atomic E-state index is 11.6. The van der Waals surface area contributed by atoms with Gasteiger partial charge in [0.1, 0.15) is 0 Å². The number of rotatable bonds is 6. The summed E-state index contributed by atoms with van der Waals surface area (Å²) in [5.74, 6) is 6.62. The first-order valence-corrected chi connectivity index (χ1v) is 13.9. The molecular weight excluding hydrogens is 378 g/mol. The van der Waals surface area contributed by atoms with Gasteiger partial charge in [0.25, 0.3) is 0 Å². The Morgan fingerprint density at radius 1 is 0.903 bits per heavy atom. The minimum absolute atomic E-state index is 0.162. The van der Waals surface area contributed by atoms with E-state index in [4.69, 9.17) is 0 Å². The fraction of sp³-hybridized carbons (Fsp3) is 0.966. The van der Waals surface area contributed by atoms with E-state index in [2.05, 4.69) is 39.9 Å². The van der Waals surface area contributed by atoms with Crippen LogP contribution in [0.15, 0.2) is 0 Å². The molecule has 4 aliphatic rings. The van der Waals surface area contributed by atoms with Gasteiger partial charge >= 0.3 is 0 Å². The molecule has 0 aliphatic heterocycles. The summed E-state index contributed by atoms with van der Waals surface area (Å²) < 4.78 is 0. The van der Waals surface area contributed by atoms with Crippen LogP contribution in [0.1, 0.15) is 119 Å². The third-order valence-corrected chi connectivity index (χ3v) is 11.3. The van der Waals surface area contributed by atoms with Gasteiger partial charge in [-0.15, -0.1) is 0 Å². The van der Waals surface area contributed by atoms with Crippen LogP contribution in [0, 0.1) is 52.3 Å². The third kappa shape index (κ3) is 4.35. The van der Waals surface area contributed by atoms with Gasteiger partial charge < -0.3 is 5.32 Å². The largest absolute Gasteiger partial charge is 0.354 e. The molecule has 2 nitrogen and oxygen atoms in total. The van der Waals surface area contributed by atoms with Crippen molar-refractivity contribution >= 4 is 5.91 Å². The highest BCUT2D eigenvalue weighted by atomic mass is 16.1. The number of fused-ring (bicyclic) bond motifs is 5. The molecular formula is C29H51NO. The first kappa shape index (κ1) is 23.6. The van der Waals surface area contributed by atoms with Crippen LogP contribution in [0.25, 0.3) is 0 Å². The van der Waals surface area contributed by atoms with Gasteiger partial charge in [0.15, 0.2) is 0 Å². The first-order valence-electron chi connectivity index (χ1n) is 13.9. The standard InChI is InChI=1S/C29H51NO/c1-19(2)8-7-9-20(3)25-12-13-26-24-11-10-22-18-23(30-21(4)31)14-16-28(22,5)27(24)15-17-29(25,26)6/h19-20,22-27H,7-18H2,1-6H3,(H,30,31)/t20?,22-,23+,24-,25?,26-,27-,28-,29+/m0/s1. The van der Waals surface area contributed by atoms with E-state index in [1.165, 1.54) is 77.0 Å². The second-order valence-electron chi connectivity index (χ2n) is 13.4. The smallest absolute Gasteiger partial charge is 0.217 e. The average Bonchev–Trinajstić information content (AvgIpc) is 3.05. The normalized spacial score (nSPS) is 45.5. The second-order valence-corrected chi connectivity index (χ2v) is 13.4. The number of amides is 1. The lowest BCUT2D eigenvalue weighted by Crippen LogP contribution is -2.55. The summed E-state index contributed by atoms with van der Waals surface area (Å²) in [6, 6.07) is 0.434. The molecule has 4 aliphatic carbocycles. The monoisotopic (exact) mass is 429 g/mol. The van der Waals surface area contributed by atoms with E-state index in [0.717, 1.165) is 41.4 Å². The number of hydrogen-bond acceptors (Lipinski definition) is 1. The Morgan fingerprint density at radius 2 is 1.61 bits per heavy atom.